The van der Waals surface area contributed by atoms with Crippen molar-refractivity contribution >= 4 is 15.9 Å². The number of piperazine rings is 1. The summed E-state index contributed by atoms with van der Waals surface area (Å²) in [7, 11) is -3.44. The van der Waals surface area contributed by atoms with Gasteiger partial charge in [0.2, 0.25) is 10.0 Å². The second-order valence-corrected chi connectivity index (χ2v) is 10.2. The standard InChI is InChI=1S/C20H31N3O3S/c1-16-13-17(2)15-22(14-16)20(24)18(3)21-9-11-23(12-10-21)27(25,26)19-7-5-4-6-8-19/h4-8,16-18H,9-15H2,1-3H3/p+1/t16-,17-,18-/m1/s1. The fourth-order valence-corrected chi connectivity index (χ4v) is 5.94. The van der Waals surface area contributed by atoms with Crippen LogP contribution in [0.3, 0.4) is 0 Å². The van der Waals surface area contributed by atoms with Crippen LogP contribution in [-0.4, -0.2) is 68.8 Å². The number of hydrogen-bond acceptors (Lipinski definition) is 3. The van der Waals surface area contributed by atoms with Crippen molar-refractivity contribution in [3.8, 4) is 0 Å². The third-order valence-electron chi connectivity index (χ3n) is 5.91. The second kappa shape index (κ2) is 8.29. The number of quaternary nitrogens is 1. The Kier molecular flexibility index (Phi) is 6.23. The highest BCUT2D eigenvalue weighted by Crippen LogP contribution is 2.21. The van der Waals surface area contributed by atoms with E-state index in [1.165, 1.54) is 11.3 Å². The van der Waals surface area contributed by atoms with Gasteiger partial charge in [-0.1, -0.05) is 32.0 Å². The Labute approximate surface area is 163 Å². The van der Waals surface area contributed by atoms with E-state index in [0.717, 1.165) is 13.1 Å². The van der Waals surface area contributed by atoms with E-state index >= 15 is 0 Å². The monoisotopic (exact) mass is 394 g/mol. The van der Waals surface area contributed by atoms with E-state index in [2.05, 4.69) is 13.8 Å². The van der Waals surface area contributed by atoms with Gasteiger partial charge in [-0.05, 0) is 37.3 Å². The predicted molar refractivity (Wildman–Crippen MR) is 105 cm³/mol. The van der Waals surface area contributed by atoms with E-state index in [4.69, 9.17) is 0 Å². The SMILES string of the molecule is C[C@@H]1C[C@@H](C)CN(C(=O)[C@@H](C)[NH+]2CCN(S(=O)(=O)c3ccccc3)CC2)C1. The average molecular weight is 395 g/mol. The smallest absolute Gasteiger partial charge is 0.280 e. The van der Waals surface area contributed by atoms with E-state index in [-0.39, 0.29) is 11.9 Å². The number of nitrogens with one attached hydrogen (secondary N) is 1. The third-order valence-corrected chi connectivity index (χ3v) is 7.82. The molecular formula is C20H32N3O3S+. The molecule has 150 valence electrons. The number of carbonyl (C=O) groups is 1. The summed E-state index contributed by atoms with van der Waals surface area (Å²) >= 11 is 0. The maximum absolute atomic E-state index is 13.0. The lowest BCUT2D eigenvalue weighted by atomic mass is 9.91. The maximum atomic E-state index is 13.0. The molecule has 3 atom stereocenters. The number of likely N-dealkylation sites (tertiary alicyclic amines) is 1. The summed E-state index contributed by atoms with van der Waals surface area (Å²) in [5.41, 5.74) is 0. The second-order valence-electron chi connectivity index (χ2n) is 8.29. The molecule has 0 radical (unpaired) electrons. The van der Waals surface area contributed by atoms with Crippen LogP contribution in [0.15, 0.2) is 35.2 Å². The van der Waals surface area contributed by atoms with Crippen molar-refractivity contribution in [1.82, 2.24) is 9.21 Å². The Morgan fingerprint density at radius 1 is 1.07 bits per heavy atom. The van der Waals surface area contributed by atoms with Crippen molar-refractivity contribution in [2.24, 2.45) is 11.8 Å². The summed E-state index contributed by atoms with van der Waals surface area (Å²) in [6, 6.07) is 8.46. The molecule has 2 saturated heterocycles. The molecule has 7 heteroatoms. The molecule has 6 nitrogen and oxygen atoms in total. The number of sulfonamides is 1. The Morgan fingerprint density at radius 3 is 2.19 bits per heavy atom. The van der Waals surface area contributed by atoms with Gasteiger partial charge in [-0.15, -0.1) is 0 Å². The molecule has 2 fully saturated rings. The zero-order valence-electron chi connectivity index (χ0n) is 16.6. The van der Waals surface area contributed by atoms with E-state index in [1.807, 2.05) is 17.9 Å². The third kappa shape index (κ3) is 4.52. The van der Waals surface area contributed by atoms with Crippen LogP contribution in [0.4, 0.5) is 0 Å². The molecule has 2 aliphatic heterocycles. The van der Waals surface area contributed by atoms with Gasteiger partial charge in [0.15, 0.2) is 6.04 Å². The fraction of sp³-hybridized carbons (Fsp3) is 0.650. The molecule has 0 unspecified atom stereocenters. The number of amides is 1. The van der Waals surface area contributed by atoms with Crippen LogP contribution < -0.4 is 4.90 Å². The van der Waals surface area contributed by atoms with Crippen molar-refractivity contribution in [3.63, 3.8) is 0 Å². The molecule has 1 N–H and O–H groups in total. The molecule has 1 aromatic rings. The highest BCUT2D eigenvalue weighted by Gasteiger charge is 2.37. The summed E-state index contributed by atoms with van der Waals surface area (Å²) in [5, 5.41) is 0. The Balaban J connectivity index is 1.59. The molecule has 0 saturated carbocycles. The van der Waals surface area contributed by atoms with Crippen LogP contribution in [-0.2, 0) is 14.8 Å². The van der Waals surface area contributed by atoms with Gasteiger partial charge in [-0.25, -0.2) is 8.42 Å². The molecule has 2 aliphatic rings. The van der Waals surface area contributed by atoms with E-state index in [0.29, 0.717) is 42.9 Å². The molecule has 1 aromatic carbocycles. The van der Waals surface area contributed by atoms with Crippen molar-refractivity contribution in [1.29, 1.82) is 0 Å². The van der Waals surface area contributed by atoms with Gasteiger partial charge in [-0.3, -0.25) is 4.79 Å². The van der Waals surface area contributed by atoms with Crippen LogP contribution in [0.25, 0.3) is 0 Å². The molecule has 2 heterocycles. The molecule has 0 aliphatic carbocycles. The minimum atomic E-state index is -3.44. The van der Waals surface area contributed by atoms with Gasteiger partial charge in [0.05, 0.1) is 31.1 Å². The van der Waals surface area contributed by atoms with Crippen LogP contribution >= 0.6 is 0 Å². The van der Waals surface area contributed by atoms with E-state index < -0.39 is 10.0 Å². The first-order valence-corrected chi connectivity index (χ1v) is 11.4. The minimum Gasteiger partial charge on any atom is -0.337 e. The summed E-state index contributed by atoms with van der Waals surface area (Å²) in [4.78, 5) is 16.5. The normalized spacial score (nSPS) is 26.7. The van der Waals surface area contributed by atoms with Gasteiger partial charge in [0.1, 0.15) is 0 Å². The molecule has 0 bridgehead atoms. The highest BCUT2D eigenvalue weighted by atomic mass is 32.2. The van der Waals surface area contributed by atoms with Crippen LogP contribution in [0.1, 0.15) is 27.2 Å². The summed E-state index contributed by atoms with van der Waals surface area (Å²) in [5.74, 6) is 1.31. The zero-order chi connectivity index (χ0) is 19.6. The molecule has 27 heavy (non-hydrogen) atoms. The Morgan fingerprint density at radius 2 is 1.63 bits per heavy atom. The maximum Gasteiger partial charge on any atom is 0.280 e. The number of nitrogens with zero attached hydrogens (tertiary/aromatic N) is 2. The summed E-state index contributed by atoms with van der Waals surface area (Å²) < 4.78 is 27.1. The number of carbonyl (C=O) groups excluding carboxylic acids is 1. The molecule has 1 amide bonds. The zero-order valence-corrected chi connectivity index (χ0v) is 17.4. The Hall–Kier alpha value is -1.44. The predicted octanol–water partition coefficient (Wildman–Crippen LogP) is 0.469. The van der Waals surface area contributed by atoms with Crippen LogP contribution in [0.5, 0.6) is 0 Å². The quantitative estimate of drug-likeness (QED) is 0.808. The molecule has 0 aromatic heterocycles. The first-order chi connectivity index (χ1) is 12.8. The number of hydrogen-bond donors (Lipinski definition) is 1. The number of benzene rings is 1. The van der Waals surface area contributed by atoms with Gasteiger partial charge in [0, 0.05) is 13.1 Å². The topological polar surface area (TPSA) is 62.1 Å². The Bertz CT molecular complexity index is 735. The van der Waals surface area contributed by atoms with Gasteiger partial charge >= 0.3 is 0 Å². The van der Waals surface area contributed by atoms with Crippen LogP contribution in [0.2, 0.25) is 0 Å². The van der Waals surface area contributed by atoms with Crippen molar-refractivity contribution < 1.29 is 18.1 Å². The lowest BCUT2D eigenvalue weighted by molar-refractivity contribution is -0.918. The number of rotatable bonds is 4. The molecule has 3 rings (SSSR count). The van der Waals surface area contributed by atoms with Gasteiger partial charge < -0.3 is 9.80 Å². The van der Waals surface area contributed by atoms with Gasteiger partial charge in [0.25, 0.3) is 5.91 Å². The molecule has 0 spiro atoms. The van der Waals surface area contributed by atoms with E-state index in [9.17, 15) is 13.2 Å². The lowest BCUT2D eigenvalue weighted by Crippen LogP contribution is -3.19. The van der Waals surface area contributed by atoms with Crippen LogP contribution in [0, 0.1) is 11.8 Å². The lowest BCUT2D eigenvalue weighted by Gasteiger charge is -2.39. The first kappa shape index (κ1) is 20.3. The highest BCUT2D eigenvalue weighted by molar-refractivity contribution is 7.89. The fourth-order valence-electron chi connectivity index (χ4n) is 4.48. The van der Waals surface area contributed by atoms with E-state index in [1.54, 1.807) is 28.6 Å². The van der Waals surface area contributed by atoms with Crippen molar-refractivity contribution in [2.75, 3.05) is 39.3 Å². The van der Waals surface area contributed by atoms with Crippen molar-refractivity contribution in [3.05, 3.63) is 30.3 Å². The summed E-state index contributed by atoms with van der Waals surface area (Å²) in [6.45, 7) is 10.3. The average Bonchev–Trinajstić information content (AvgIpc) is 2.67. The summed E-state index contributed by atoms with van der Waals surface area (Å²) in [6.07, 6.45) is 1.18. The first-order valence-electron chi connectivity index (χ1n) is 9.97. The molecular weight excluding hydrogens is 362 g/mol. The minimum absolute atomic E-state index is 0.121. The van der Waals surface area contributed by atoms with Gasteiger partial charge in [-0.2, -0.15) is 4.31 Å². The van der Waals surface area contributed by atoms with Crippen molar-refractivity contribution in [2.45, 2.75) is 38.1 Å². The number of piperidine rings is 1. The largest absolute Gasteiger partial charge is 0.337 e.